The van der Waals surface area contributed by atoms with Gasteiger partial charge in [-0.3, -0.25) is 14.4 Å². The first-order valence-corrected chi connectivity index (χ1v) is 18.8. The number of carbonyl (C=O) groups is 3. The summed E-state index contributed by atoms with van der Waals surface area (Å²) in [7, 11) is 0. The highest BCUT2D eigenvalue weighted by molar-refractivity contribution is 5.96. The summed E-state index contributed by atoms with van der Waals surface area (Å²) in [5.74, 6) is 0.350. The van der Waals surface area contributed by atoms with Crippen molar-refractivity contribution in [2.24, 2.45) is 0 Å². The molecule has 9 heteroatoms. The van der Waals surface area contributed by atoms with Gasteiger partial charge in [0.25, 0.3) is 5.91 Å². The monoisotopic (exact) mass is 698 g/mol. The van der Waals surface area contributed by atoms with Crippen LogP contribution in [0, 0.1) is 0 Å². The van der Waals surface area contributed by atoms with Gasteiger partial charge in [0.2, 0.25) is 11.8 Å². The SMILES string of the molecule is CCC(=O)N1c2ccccc2[C@H](Nc2ccc(CNC3CN(C(=O)c4ccc(N[C@@H]5C[C@H](C)N(C(=O)CC)c6ccccc65)cc4)C3)cc2)C[C@@H]1C. The van der Waals surface area contributed by atoms with Crippen LogP contribution in [0.25, 0.3) is 0 Å². The molecule has 9 nitrogen and oxygen atoms in total. The van der Waals surface area contributed by atoms with Gasteiger partial charge in [0.05, 0.1) is 12.1 Å². The number of nitrogens with zero attached hydrogens (tertiary/aromatic N) is 3. The molecule has 0 unspecified atom stereocenters. The second kappa shape index (κ2) is 15.2. The molecule has 3 heterocycles. The van der Waals surface area contributed by atoms with Gasteiger partial charge in [-0.25, -0.2) is 0 Å². The molecule has 4 atom stereocenters. The minimum absolute atomic E-state index is 0.0474. The topological polar surface area (TPSA) is 97.0 Å². The van der Waals surface area contributed by atoms with Gasteiger partial charge in [0.15, 0.2) is 0 Å². The zero-order valence-corrected chi connectivity index (χ0v) is 30.6. The van der Waals surface area contributed by atoms with Crippen molar-refractivity contribution in [3.8, 4) is 0 Å². The fourth-order valence-electron chi connectivity index (χ4n) is 8.05. The summed E-state index contributed by atoms with van der Waals surface area (Å²) < 4.78 is 0. The number of nitrogens with one attached hydrogen (secondary N) is 3. The maximum Gasteiger partial charge on any atom is 0.253 e. The van der Waals surface area contributed by atoms with E-state index in [9.17, 15) is 14.4 Å². The molecule has 3 aliphatic rings. The number of hydrogen-bond donors (Lipinski definition) is 3. The molecular weight excluding hydrogens is 649 g/mol. The van der Waals surface area contributed by atoms with E-state index in [0.717, 1.165) is 53.3 Å². The van der Waals surface area contributed by atoms with E-state index < -0.39 is 0 Å². The predicted molar refractivity (Wildman–Crippen MR) is 209 cm³/mol. The van der Waals surface area contributed by atoms with Crippen molar-refractivity contribution >= 4 is 40.5 Å². The largest absolute Gasteiger partial charge is 0.378 e. The molecule has 0 aliphatic carbocycles. The summed E-state index contributed by atoms with van der Waals surface area (Å²) in [5, 5.41) is 11.0. The van der Waals surface area contributed by atoms with Gasteiger partial charge >= 0.3 is 0 Å². The Morgan fingerprint density at radius 2 is 1.10 bits per heavy atom. The maximum atomic E-state index is 13.3. The molecule has 1 saturated heterocycles. The fourth-order valence-corrected chi connectivity index (χ4v) is 8.05. The molecule has 1 fully saturated rings. The molecule has 4 aromatic rings. The van der Waals surface area contributed by atoms with Crippen molar-refractivity contribution in [2.75, 3.05) is 33.5 Å². The van der Waals surface area contributed by atoms with Crippen LogP contribution in [0.5, 0.6) is 0 Å². The number of amides is 3. The van der Waals surface area contributed by atoms with Gasteiger partial charge < -0.3 is 30.7 Å². The van der Waals surface area contributed by atoms with Gasteiger partial charge in [0.1, 0.15) is 0 Å². The van der Waals surface area contributed by atoms with Crippen molar-refractivity contribution in [1.29, 1.82) is 0 Å². The molecule has 3 N–H and O–H groups in total. The molecule has 0 radical (unpaired) electrons. The first-order chi connectivity index (χ1) is 25.2. The first kappa shape index (κ1) is 35.3. The average molecular weight is 699 g/mol. The average Bonchev–Trinajstić information content (AvgIpc) is 3.14. The van der Waals surface area contributed by atoms with Crippen LogP contribution in [0.4, 0.5) is 22.7 Å². The third-order valence-corrected chi connectivity index (χ3v) is 10.9. The highest BCUT2D eigenvalue weighted by Crippen LogP contribution is 2.40. The van der Waals surface area contributed by atoms with Crippen LogP contribution < -0.4 is 25.8 Å². The summed E-state index contributed by atoms with van der Waals surface area (Å²) >= 11 is 0. The van der Waals surface area contributed by atoms with E-state index in [1.165, 1.54) is 5.56 Å². The van der Waals surface area contributed by atoms with Gasteiger partial charge in [-0.1, -0.05) is 62.4 Å². The first-order valence-electron chi connectivity index (χ1n) is 18.8. The number of fused-ring (bicyclic) bond motifs is 2. The Bertz CT molecular complexity index is 1900. The minimum Gasteiger partial charge on any atom is -0.378 e. The van der Waals surface area contributed by atoms with Gasteiger partial charge in [-0.15, -0.1) is 0 Å². The number of hydrogen-bond acceptors (Lipinski definition) is 6. The summed E-state index contributed by atoms with van der Waals surface area (Å²) in [6.45, 7) is 10.2. The number of carbonyl (C=O) groups excluding carboxylic acids is 3. The van der Waals surface area contributed by atoms with Crippen LogP contribution in [0.15, 0.2) is 97.1 Å². The van der Waals surface area contributed by atoms with Crippen molar-refractivity contribution in [2.45, 2.75) is 90.1 Å². The highest BCUT2D eigenvalue weighted by atomic mass is 16.2. The molecule has 3 amide bonds. The number of rotatable bonds is 10. The van der Waals surface area contributed by atoms with Crippen LogP contribution in [0.2, 0.25) is 0 Å². The van der Waals surface area contributed by atoms with Crippen molar-refractivity contribution < 1.29 is 14.4 Å². The predicted octanol–water partition coefficient (Wildman–Crippen LogP) is 7.68. The van der Waals surface area contributed by atoms with Crippen LogP contribution in [-0.4, -0.2) is 53.8 Å². The quantitative estimate of drug-likeness (QED) is 0.157. The van der Waals surface area contributed by atoms with E-state index in [4.69, 9.17) is 0 Å². The number of benzene rings is 4. The van der Waals surface area contributed by atoms with E-state index in [0.29, 0.717) is 31.5 Å². The molecule has 0 spiro atoms. The van der Waals surface area contributed by atoms with Gasteiger partial charge in [0, 0.05) is 78.9 Å². The molecule has 7 rings (SSSR count). The van der Waals surface area contributed by atoms with Crippen molar-refractivity contribution in [1.82, 2.24) is 10.2 Å². The lowest BCUT2D eigenvalue weighted by atomic mass is 9.91. The lowest BCUT2D eigenvalue weighted by molar-refractivity contribution is -0.119. The summed E-state index contributed by atoms with van der Waals surface area (Å²) in [6.07, 6.45) is 2.63. The molecule has 0 aromatic heterocycles. The summed E-state index contributed by atoms with van der Waals surface area (Å²) in [6, 6.07) is 33.3. The molecule has 0 bridgehead atoms. The lowest BCUT2D eigenvalue weighted by Crippen LogP contribution is -2.59. The van der Waals surface area contributed by atoms with E-state index in [2.05, 4.69) is 72.3 Å². The summed E-state index contributed by atoms with van der Waals surface area (Å²) in [4.78, 5) is 44.4. The highest BCUT2D eigenvalue weighted by Gasteiger charge is 2.35. The third kappa shape index (κ3) is 7.15. The van der Waals surface area contributed by atoms with Crippen LogP contribution in [-0.2, 0) is 16.1 Å². The van der Waals surface area contributed by atoms with Crippen LogP contribution in [0.3, 0.4) is 0 Å². The Morgan fingerprint density at radius 3 is 1.58 bits per heavy atom. The fraction of sp³-hybridized carbons (Fsp3) is 0.372. The Kier molecular flexibility index (Phi) is 10.3. The second-order valence-electron chi connectivity index (χ2n) is 14.5. The summed E-state index contributed by atoms with van der Waals surface area (Å²) in [5.41, 5.74) is 8.14. The Labute approximate surface area is 307 Å². The number of anilines is 4. The Morgan fingerprint density at radius 1 is 0.635 bits per heavy atom. The van der Waals surface area contributed by atoms with Crippen molar-refractivity contribution in [3.63, 3.8) is 0 Å². The zero-order chi connectivity index (χ0) is 36.4. The van der Waals surface area contributed by atoms with E-state index in [1.807, 2.05) is 83.1 Å². The molecule has 0 saturated carbocycles. The number of para-hydroxylation sites is 2. The Balaban J connectivity index is 0.886. The molecule has 4 aromatic carbocycles. The zero-order valence-electron chi connectivity index (χ0n) is 30.6. The van der Waals surface area contributed by atoms with Crippen LogP contribution in [0.1, 0.15) is 92.5 Å². The van der Waals surface area contributed by atoms with Crippen LogP contribution >= 0.6 is 0 Å². The number of likely N-dealkylation sites (tertiary alicyclic amines) is 1. The molecule has 3 aliphatic heterocycles. The molecule has 270 valence electrons. The van der Waals surface area contributed by atoms with E-state index >= 15 is 0 Å². The van der Waals surface area contributed by atoms with Crippen molar-refractivity contribution in [3.05, 3.63) is 119 Å². The van der Waals surface area contributed by atoms with E-state index in [1.54, 1.807) is 0 Å². The molecular formula is C43H50N6O3. The van der Waals surface area contributed by atoms with E-state index in [-0.39, 0.29) is 47.9 Å². The smallest absolute Gasteiger partial charge is 0.253 e. The lowest BCUT2D eigenvalue weighted by Gasteiger charge is -2.40. The normalized spacial score (nSPS) is 21.1. The standard InChI is InChI=1S/C43H50N6O3/c1-5-41(50)48-28(3)23-37(35-11-7-9-13-39(35)48)45-32-19-15-30(16-20-32)25-44-34-26-47(27-34)43(52)31-17-21-33(22-18-31)46-38-24-29(4)49(42(51)6-2)40-14-10-8-12-36(38)40/h7-22,28-29,34,37-38,44-46H,5-6,23-27H2,1-4H3/t28-,29-,37+,38+/m0/s1. The minimum atomic E-state index is 0.0474. The molecule has 52 heavy (non-hydrogen) atoms. The van der Waals surface area contributed by atoms with Gasteiger partial charge in [-0.05, 0) is 91.9 Å². The van der Waals surface area contributed by atoms with Gasteiger partial charge in [-0.2, -0.15) is 0 Å². The maximum absolute atomic E-state index is 13.3. The Hall–Kier alpha value is -5.15. The second-order valence-corrected chi connectivity index (χ2v) is 14.5. The third-order valence-electron chi connectivity index (χ3n) is 10.9.